The van der Waals surface area contributed by atoms with E-state index >= 15 is 0 Å². The summed E-state index contributed by atoms with van der Waals surface area (Å²) >= 11 is 0. The van der Waals surface area contributed by atoms with Crippen LogP contribution in [-0.4, -0.2) is 28.8 Å². The minimum Gasteiger partial charge on any atom is -0.543 e. The number of hydrogen-bond donors (Lipinski definition) is 0. The zero-order chi connectivity index (χ0) is 26.6. The second kappa shape index (κ2) is 11.9. The first-order valence-electron chi connectivity index (χ1n) is 14.0. The molecular formula is C31H50O3Si2. The summed E-state index contributed by atoms with van der Waals surface area (Å²) in [6.07, 6.45) is 13.2. The minimum atomic E-state index is -1.94. The van der Waals surface area contributed by atoms with Gasteiger partial charge in [-0.15, -0.1) is 13.2 Å². The van der Waals surface area contributed by atoms with Gasteiger partial charge in [-0.05, 0) is 101 Å². The summed E-state index contributed by atoms with van der Waals surface area (Å²) in [6.45, 7) is 24.6. The van der Waals surface area contributed by atoms with E-state index in [1.54, 1.807) is 0 Å². The van der Waals surface area contributed by atoms with Gasteiger partial charge in [0, 0.05) is 17.4 Å². The second-order valence-corrected chi connectivity index (χ2v) is 20.9. The largest absolute Gasteiger partial charge is 0.543 e. The van der Waals surface area contributed by atoms with Crippen LogP contribution in [0.5, 0.6) is 11.5 Å². The number of aryl methyl sites for hydroxylation is 1. The van der Waals surface area contributed by atoms with E-state index in [0.29, 0.717) is 11.8 Å². The predicted octanol–water partition coefficient (Wildman–Crippen LogP) is 9.19. The lowest BCUT2D eigenvalue weighted by molar-refractivity contribution is 0.00712. The van der Waals surface area contributed by atoms with Gasteiger partial charge in [-0.25, -0.2) is 0 Å². The van der Waals surface area contributed by atoms with Gasteiger partial charge in [0.1, 0.15) is 17.1 Å². The lowest BCUT2D eigenvalue weighted by atomic mass is 9.67. The molecule has 0 saturated carbocycles. The number of allylic oxidation sites excluding steroid dienone is 3. The average Bonchev–Trinajstić information content (AvgIpc) is 2.77. The Labute approximate surface area is 223 Å². The molecule has 0 radical (unpaired) electrons. The van der Waals surface area contributed by atoms with Gasteiger partial charge in [0.2, 0.25) is 8.32 Å². The third kappa shape index (κ3) is 7.26. The summed E-state index contributed by atoms with van der Waals surface area (Å²) in [6, 6.07) is 6.56. The molecule has 2 aliphatic rings. The molecule has 36 heavy (non-hydrogen) atoms. The SMILES string of the molecule is C=CC[Si](C)(C)OCC1=CC[C@@H]2[C@@H](C1)c1c(cc(CCCCC)cc1O[Si](C)(C)CC=C)OC2(C)C. The molecule has 3 rings (SSSR count). The van der Waals surface area contributed by atoms with Gasteiger partial charge >= 0.3 is 0 Å². The molecule has 0 amide bonds. The van der Waals surface area contributed by atoms with Crippen LogP contribution in [0.15, 0.2) is 49.1 Å². The molecule has 0 saturated heterocycles. The van der Waals surface area contributed by atoms with E-state index in [0.717, 1.165) is 49.5 Å². The molecule has 0 fully saturated rings. The Morgan fingerprint density at radius 1 is 1.06 bits per heavy atom. The fraction of sp³-hybridized carbons (Fsp3) is 0.613. The second-order valence-electron chi connectivity index (χ2n) is 12.6. The van der Waals surface area contributed by atoms with Crippen LogP contribution in [0.4, 0.5) is 0 Å². The van der Waals surface area contributed by atoms with Crippen LogP contribution in [0.1, 0.15) is 69.9 Å². The van der Waals surface area contributed by atoms with Gasteiger partial charge in [0.25, 0.3) is 0 Å². The van der Waals surface area contributed by atoms with Crippen molar-refractivity contribution in [3.8, 4) is 11.5 Å². The van der Waals surface area contributed by atoms with Crippen molar-refractivity contribution in [1.82, 2.24) is 0 Å². The van der Waals surface area contributed by atoms with Crippen molar-refractivity contribution in [3.63, 3.8) is 0 Å². The van der Waals surface area contributed by atoms with Gasteiger partial charge in [0.05, 0.1) is 6.61 Å². The number of ether oxygens (including phenoxy) is 1. The Kier molecular flexibility index (Phi) is 9.56. The van der Waals surface area contributed by atoms with Gasteiger partial charge in [-0.2, -0.15) is 0 Å². The lowest BCUT2D eigenvalue weighted by Gasteiger charge is -2.48. The molecule has 0 N–H and O–H groups in total. The highest BCUT2D eigenvalue weighted by molar-refractivity contribution is 6.72. The van der Waals surface area contributed by atoms with Crippen molar-refractivity contribution in [2.24, 2.45) is 5.92 Å². The molecule has 1 aliphatic carbocycles. The predicted molar refractivity (Wildman–Crippen MR) is 159 cm³/mol. The van der Waals surface area contributed by atoms with Crippen LogP contribution >= 0.6 is 0 Å². The number of unbranched alkanes of at least 4 members (excludes halogenated alkanes) is 2. The molecule has 0 spiro atoms. The van der Waals surface area contributed by atoms with Gasteiger partial charge < -0.3 is 13.6 Å². The van der Waals surface area contributed by atoms with Crippen molar-refractivity contribution < 1.29 is 13.6 Å². The molecule has 0 unspecified atom stereocenters. The van der Waals surface area contributed by atoms with Crippen LogP contribution < -0.4 is 9.16 Å². The maximum Gasteiger partial charge on any atom is 0.248 e. The van der Waals surface area contributed by atoms with E-state index in [9.17, 15) is 0 Å². The van der Waals surface area contributed by atoms with E-state index in [1.165, 1.54) is 36.0 Å². The molecule has 1 aromatic rings. The van der Waals surface area contributed by atoms with E-state index in [4.69, 9.17) is 13.6 Å². The standard InChI is InChI=1S/C31H50O3Si2/c1-10-13-14-15-24-21-28-30(29(22-24)34-36(8,9)19-12-3)26-20-25(23-32-35(6,7)18-11-2)16-17-27(26)31(4,5)33-28/h11-12,16,21-22,26-27H,2-3,10,13-15,17-20,23H2,1,4-9H3/t26-,27-/m1/s1. The summed E-state index contributed by atoms with van der Waals surface area (Å²) in [5, 5.41) is 0. The van der Waals surface area contributed by atoms with Crippen LogP contribution in [0.25, 0.3) is 0 Å². The zero-order valence-electron chi connectivity index (χ0n) is 24.0. The highest BCUT2D eigenvalue weighted by atomic mass is 28.4. The van der Waals surface area contributed by atoms with Gasteiger partial charge in [-0.1, -0.05) is 38.0 Å². The van der Waals surface area contributed by atoms with E-state index in [1.807, 2.05) is 12.2 Å². The molecule has 0 aromatic heterocycles. The monoisotopic (exact) mass is 526 g/mol. The first-order valence-corrected chi connectivity index (χ1v) is 20.2. The van der Waals surface area contributed by atoms with E-state index < -0.39 is 16.6 Å². The maximum absolute atomic E-state index is 6.92. The highest BCUT2D eigenvalue weighted by Gasteiger charge is 2.46. The molecule has 200 valence electrons. The Morgan fingerprint density at radius 3 is 2.42 bits per heavy atom. The van der Waals surface area contributed by atoms with E-state index in [-0.39, 0.29) is 5.60 Å². The summed E-state index contributed by atoms with van der Waals surface area (Å²) < 4.78 is 20.2. The summed E-state index contributed by atoms with van der Waals surface area (Å²) in [5.41, 5.74) is 3.83. The Balaban J connectivity index is 1.98. The van der Waals surface area contributed by atoms with Crippen molar-refractivity contribution in [1.29, 1.82) is 0 Å². The summed E-state index contributed by atoms with van der Waals surface area (Å²) in [5.74, 6) is 2.90. The fourth-order valence-electron chi connectivity index (χ4n) is 5.81. The summed E-state index contributed by atoms with van der Waals surface area (Å²) in [7, 11) is -3.66. The molecule has 1 aromatic carbocycles. The van der Waals surface area contributed by atoms with Gasteiger partial charge in [-0.3, -0.25) is 0 Å². The summed E-state index contributed by atoms with van der Waals surface area (Å²) in [4.78, 5) is 0. The zero-order valence-corrected chi connectivity index (χ0v) is 26.0. The first-order chi connectivity index (χ1) is 16.9. The van der Waals surface area contributed by atoms with E-state index in [2.05, 4.69) is 78.3 Å². The minimum absolute atomic E-state index is 0.217. The maximum atomic E-state index is 6.92. The Bertz CT molecular complexity index is 961. The topological polar surface area (TPSA) is 27.7 Å². The third-order valence-electron chi connectivity index (χ3n) is 7.80. The molecule has 2 atom stereocenters. The van der Waals surface area contributed by atoms with Crippen molar-refractivity contribution in [2.75, 3.05) is 6.61 Å². The number of hydrogen-bond acceptors (Lipinski definition) is 3. The normalized spacial score (nSPS) is 21.0. The van der Waals surface area contributed by atoms with Crippen LogP contribution in [0, 0.1) is 5.92 Å². The smallest absolute Gasteiger partial charge is 0.248 e. The molecular weight excluding hydrogens is 477 g/mol. The number of benzene rings is 1. The molecule has 1 aliphatic heterocycles. The fourth-order valence-corrected chi connectivity index (χ4v) is 8.74. The van der Waals surface area contributed by atoms with Gasteiger partial charge in [0.15, 0.2) is 8.32 Å². The number of fused-ring (bicyclic) bond motifs is 3. The Morgan fingerprint density at radius 2 is 1.75 bits per heavy atom. The first kappa shape index (κ1) is 29.0. The third-order valence-corrected chi connectivity index (χ3v) is 12.0. The lowest BCUT2D eigenvalue weighted by Crippen LogP contribution is -2.46. The van der Waals surface area contributed by atoms with Crippen LogP contribution in [-0.2, 0) is 10.8 Å². The molecule has 0 bridgehead atoms. The van der Waals surface area contributed by atoms with Crippen molar-refractivity contribution in [3.05, 3.63) is 60.2 Å². The Hall–Kier alpha value is -1.57. The number of rotatable bonds is 13. The van der Waals surface area contributed by atoms with Crippen molar-refractivity contribution in [2.45, 2.75) is 109 Å². The quantitative estimate of drug-likeness (QED) is 0.146. The average molecular weight is 527 g/mol. The molecule has 5 heteroatoms. The highest BCUT2D eigenvalue weighted by Crippen LogP contribution is 2.55. The molecule has 1 heterocycles. The van der Waals surface area contributed by atoms with Crippen LogP contribution in [0.3, 0.4) is 0 Å². The van der Waals surface area contributed by atoms with Crippen molar-refractivity contribution >= 4 is 16.6 Å². The molecule has 3 nitrogen and oxygen atoms in total. The van der Waals surface area contributed by atoms with Crippen LogP contribution in [0.2, 0.25) is 38.3 Å².